The Hall–Kier alpha value is -0.380. The number of nitrogens with zero attached hydrogens (tertiary/aromatic N) is 1. The minimum atomic E-state index is 0.574. The van der Waals surface area contributed by atoms with E-state index in [0.29, 0.717) is 6.04 Å². The van der Waals surface area contributed by atoms with Crippen LogP contribution in [-0.4, -0.2) is 32.4 Å². The third-order valence-electron chi connectivity index (χ3n) is 3.01. The average molecular weight is 257 g/mol. The van der Waals surface area contributed by atoms with Crippen LogP contribution >= 0.6 is 23.4 Å². The molecule has 0 radical (unpaired) electrons. The van der Waals surface area contributed by atoms with E-state index < -0.39 is 0 Å². The first-order valence-corrected chi connectivity index (χ1v) is 6.89. The molecule has 2 rings (SSSR count). The summed E-state index contributed by atoms with van der Waals surface area (Å²) in [5.74, 6) is 1.14. The third kappa shape index (κ3) is 2.31. The molecule has 88 valence electrons. The SMILES string of the molecule is CNCCC1CSc2cccc(Cl)c2N1C. The van der Waals surface area contributed by atoms with E-state index in [2.05, 4.69) is 23.3 Å². The Balaban J connectivity index is 2.20. The lowest BCUT2D eigenvalue weighted by molar-refractivity contribution is 0.598. The van der Waals surface area contributed by atoms with Gasteiger partial charge in [-0.05, 0) is 32.1 Å². The van der Waals surface area contributed by atoms with E-state index in [4.69, 9.17) is 11.6 Å². The molecule has 0 aliphatic carbocycles. The zero-order chi connectivity index (χ0) is 11.5. The Morgan fingerprint density at radius 2 is 2.38 bits per heavy atom. The molecule has 1 heterocycles. The van der Waals surface area contributed by atoms with E-state index in [0.717, 1.165) is 23.7 Å². The molecule has 1 aliphatic heterocycles. The van der Waals surface area contributed by atoms with E-state index in [1.165, 1.54) is 10.6 Å². The zero-order valence-corrected chi connectivity index (χ0v) is 11.2. The standard InChI is InChI=1S/C12H17ClN2S/c1-14-7-6-9-8-16-11-5-3-4-10(13)12(11)15(9)2/h3-5,9,14H,6-8H2,1-2H3. The second kappa shape index (κ2) is 5.30. The van der Waals surface area contributed by atoms with Crippen molar-refractivity contribution < 1.29 is 0 Å². The lowest BCUT2D eigenvalue weighted by atomic mass is 10.1. The van der Waals surface area contributed by atoms with Crippen molar-refractivity contribution in [2.24, 2.45) is 0 Å². The summed E-state index contributed by atoms with van der Waals surface area (Å²) in [6, 6.07) is 6.72. The topological polar surface area (TPSA) is 15.3 Å². The van der Waals surface area contributed by atoms with Gasteiger partial charge in [-0.2, -0.15) is 0 Å². The molecule has 0 saturated carbocycles. The largest absolute Gasteiger partial charge is 0.369 e. The maximum Gasteiger partial charge on any atom is 0.0693 e. The van der Waals surface area contributed by atoms with Crippen molar-refractivity contribution >= 4 is 29.1 Å². The van der Waals surface area contributed by atoms with Gasteiger partial charge in [0, 0.05) is 23.7 Å². The molecule has 1 aromatic rings. The Morgan fingerprint density at radius 3 is 3.12 bits per heavy atom. The molecule has 0 bridgehead atoms. The number of thioether (sulfide) groups is 1. The highest BCUT2D eigenvalue weighted by atomic mass is 35.5. The van der Waals surface area contributed by atoms with E-state index in [-0.39, 0.29) is 0 Å². The first-order chi connectivity index (χ1) is 7.74. The summed E-state index contributed by atoms with van der Waals surface area (Å²) < 4.78 is 0. The van der Waals surface area contributed by atoms with Crippen molar-refractivity contribution in [2.45, 2.75) is 17.4 Å². The lowest BCUT2D eigenvalue weighted by Gasteiger charge is -2.36. The summed E-state index contributed by atoms with van der Waals surface area (Å²) in [6.07, 6.45) is 1.16. The number of halogens is 1. The van der Waals surface area contributed by atoms with Crippen LogP contribution in [0.5, 0.6) is 0 Å². The monoisotopic (exact) mass is 256 g/mol. The molecule has 0 fully saturated rings. The van der Waals surface area contributed by atoms with Crippen molar-refractivity contribution in [3.63, 3.8) is 0 Å². The number of fused-ring (bicyclic) bond motifs is 1. The Bertz CT molecular complexity index is 370. The molecule has 1 aliphatic rings. The van der Waals surface area contributed by atoms with Gasteiger partial charge in [0.2, 0.25) is 0 Å². The van der Waals surface area contributed by atoms with Crippen molar-refractivity contribution in [2.75, 3.05) is 31.3 Å². The van der Waals surface area contributed by atoms with Crippen LogP contribution in [0.4, 0.5) is 5.69 Å². The van der Waals surface area contributed by atoms with Gasteiger partial charge in [0.1, 0.15) is 0 Å². The number of hydrogen-bond donors (Lipinski definition) is 1. The molecule has 1 unspecified atom stereocenters. The minimum absolute atomic E-state index is 0.574. The molecule has 1 N–H and O–H groups in total. The van der Waals surface area contributed by atoms with Gasteiger partial charge in [0.05, 0.1) is 10.7 Å². The summed E-state index contributed by atoms with van der Waals surface area (Å²) in [5, 5.41) is 4.07. The predicted molar refractivity (Wildman–Crippen MR) is 72.9 cm³/mol. The highest BCUT2D eigenvalue weighted by Gasteiger charge is 2.25. The van der Waals surface area contributed by atoms with Crippen LogP contribution in [0.15, 0.2) is 23.1 Å². The number of para-hydroxylation sites is 1. The van der Waals surface area contributed by atoms with Crippen LogP contribution in [-0.2, 0) is 0 Å². The fourth-order valence-electron chi connectivity index (χ4n) is 2.02. The number of rotatable bonds is 3. The van der Waals surface area contributed by atoms with Crippen LogP contribution < -0.4 is 10.2 Å². The van der Waals surface area contributed by atoms with E-state index >= 15 is 0 Å². The van der Waals surface area contributed by atoms with Crippen LogP contribution in [0.2, 0.25) is 5.02 Å². The molecule has 16 heavy (non-hydrogen) atoms. The summed E-state index contributed by atoms with van der Waals surface area (Å²) in [7, 11) is 4.14. The van der Waals surface area contributed by atoms with Gasteiger partial charge >= 0.3 is 0 Å². The number of hydrogen-bond acceptors (Lipinski definition) is 3. The van der Waals surface area contributed by atoms with E-state index in [9.17, 15) is 0 Å². The number of anilines is 1. The molecule has 1 aromatic carbocycles. The van der Waals surface area contributed by atoms with Gasteiger partial charge < -0.3 is 10.2 Å². The van der Waals surface area contributed by atoms with Crippen molar-refractivity contribution in [3.05, 3.63) is 23.2 Å². The smallest absolute Gasteiger partial charge is 0.0693 e. The normalized spacial score (nSPS) is 19.7. The first-order valence-electron chi connectivity index (χ1n) is 5.52. The van der Waals surface area contributed by atoms with Crippen LogP contribution in [0.1, 0.15) is 6.42 Å². The summed E-state index contributed by atoms with van der Waals surface area (Å²) in [6.45, 7) is 1.05. The van der Waals surface area contributed by atoms with E-state index in [1.54, 1.807) is 0 Å². The molecule has 0 aromatic heterocycles. The first kappa shape index (κ1) is 12.1. The fraction of sp³-hybridized carbons (Fsp3) is 0.500. The second-order valence-electron chi connectivity index (χ2n) is 4.05. The molecule has 0 spiro atoms. The molecule has 4 heteroatoms. The quantitative estimate of drug-likeness (QED) is 0.895. The highest BCUT2D eigenvalue weighted by Crippen LogP contribution is 2.41. The minimum Gasteiger partial charge on any atom is -0.369 e. The Kier molecular flexibility index (Phi) is 4.00. The maximum absolute atomic E-state index is 6.27. The van der Waals surface area contributed by atoms with Gasteiger partial charge in [-0.3, -0.25) is 0 Å². The molecule has 1 atom stereocenters. The van der Waals surface area contributed by atoms with Gasteiger partial charge in [0.15, 0.2) is 0 Å². The average Bonchev–Trinajstić information content (AvgIpc) is 2.28. The molecular formula is C12H17ClN2S. The summed E-state index contributed by atoms with van der Waals surface area (Å²) in [5.41, 5.74) is 1.20. The van der Waals surface area contributed by atoms with Gasteiger partial charge in [0.25, 0.3) is 0 Å². The molecular weight excluding hydrogens is 240 g/mol. The van der Waals surface area contributed by atoms with Crippen LogP contribution in [0.25, 0.3) is 0 Å². The lowest BCUT2D eigenvalue weighted by Crippen LogP contribution is -2.38. The predicted octanol–water partition coefficient (Wildman–Crippen LogP) is 2.86. The Labute approximate surface area is 106 Å². The zero-order valence-electron chi connectivity index (χ0n) is 9.66. The van der Waals surface area contributed by atoms with Crippen molar-refractivity contribution in [1.29, 1.82) is 0 Å². The van der Waals surface area contributed by atoms with Gasteiger partial charge in [-0.25, -0.2) is 0 Å². The third-order valence-corrected chi connectivity index (χ3v) is 4.51. The van der Waals surface area contributed by atoms with Crippen LogP contribution in [0, 0.1) is 0 Å². The van der Waals surface area contributed by atoms with Crippen molar-refractivity contribution in [1.82, 2.24) is 5.32 Å². The van der Waals surface area contributed by atoms with Gasteiger partial charge in [-0.15, -0.1) is 11.8 Å². The van der Waals surface area contributed by atoms with Crippen LogP contribution in [0.3, 0.4) is 0 Å². The number of benzene rings is 1. The second-order valence-corrected chi connectivity index (χ2v) is 5.52. The van der Waals surface area contributed by atoms with Gasteiger partial charge in [-0.1, -0.05) is 17.7 Å². The molecule has 2 nitrogen and oxygen atoms in total. The summed E-state index contributed by atoms with van der Waals surface area (Å²) >= 11 is 8.18. The Morgan fingerprint density at radius 1 is 1.56 bits per heavy atom. The summed E-state index contributed by atoms with van der Waals surface area (Å²) in [4.78, 5) is 3.63. The maximum atomic E-state index is 6.27. The van der Waals surface area contributed by atoms with E-state index in [1.807, 2.05) is 30.9 Å². The highest BCUT2D eigenvalue weighted by molar-refractivity contribution is 7.99. The molecule has 0 saturated heterocycles. The van der Waals surface area contributed by atoms with Crippen molar-refractivity contribution in [3.8, 4) is 0 Å². The fourth-order valence-corrected chi connectivity index (χ4v) is 3.71. The number of nitrogens with one attached hydrogen (secondary N) is 1. The molecule has 0 amide bonds.